The average Bonchev–Trinajstić information content (AvgIpc) is 3.39. The number of aromatic nitrogens is 3. The van der Waals surface area contributed by atoms with Crippen molar-refractivity contribution in [3.8, 4) is 5.88 Å². The van der Waals surface area contributed by atoms with Crippen LogP contribution in [-0.4, -0.2) is 38.6 Å². The minimum atomic E-state index is -0.181. The lowest BCUT2D eigenvalue weighted by atomic mass is 9.77. The largest absolute Gasteiger partial charge is 0.472 e. The molecule has 0 bridgehead atoms. The molecule has 3 heterocycles. The average molecular weight is 457 g/mol. The van der Waals surface area contributed by atoms with Gasteiger partial charge in [-0.1, -0.05) is 30.3 Å². The first-order valence-corrected chi connectivity index (χ1v) is 12.1. The predicted octanol–water partition coefficient (Wildman–Crippen LogP) is 5.41. The molecule has 0 unspecified atom stereocenters. The van der Waals surface area contributed by atoms with Crippen molar-refractivity contribution in [3.05, 3.63) is 90.1 Å². The molecule has 1 saturated carbocycles. The maximum atomic E-state index is 13.3. The van der Waals surface area contributed by atoms with Crippen molar-refractivity contribution in [2.45, 2.75) is 38.5 Å². The van der Waals surface area contributed by atoms with Crippen LogP contribution in [0.1, 0.15) is 30.3 Å². The normalized spacial score (nSPS) is 24.9. The zero-order valence-corrected chi connectivity index (χ0v) is 19.3. The fourth-order valence-electron chi connectivity index (χ4n) is 6.02. The molecular weight excluding hydrogens is 427 g/mol. The second kappa shape index (κ2) is 8.84. The molecule has 0 spiro atoms. The molecule has 2 aromatic heterocycles. The number of hydrogen-bond acceptors (Lipinski definition) is 4. The molecule has 2 fully saturated rings. The van der Waals surface area contributed by atoms with E-state index in [-0.39, 0.29) is 18.0 Å². The van der Waals surface area contributed by atoms with Crippen LogP contribution in [0, 0.1) is 24.6 Å². The lowest BCUT2D eigenvalue weighted by Crippen LogP contribution is -2.40. The highest BCUT2D eigenvalue weighted by Crippen LogP contribution is 2.44. The van der Waals surface area contributed by atoms with Crippen LogP contribution >= 0.6 is 0 Å². The second-order valence-corrected chi connectivity index (χ2v) is 9.72. The molecule has 4 atom stereocenters. The van der Waals surface area contributed by atoms with E-state index in [1.165, 1.54) is 5.52 Å². The summed E-state index contributed by atoms with van der Waals surface area (Å²) in [7, 11) is 0. The number of pyridine rings is 1. The summed E-state index contributed by atoms with van der Waals surface area (Å²) in [4.78, 5) is 11.8. The molecule has 1 aliphatic carbocycles. The Morgan fingerprint density at radius 1 is 0.941 bits per heavy atom. The van der Waals surface area contributed by atoms with Crippen LogP contribution in [0.25, 0.3) is 11.0 Å². The maximum absolute atomic E-state index is 13.3. The molecule has 2 aromatic carbocycles. The van der Waals surface area contributed by atoms with Crippen molar-refractivity contribution in [1.82, 2.24) is 19.4 Å². The summed E-state index contributed by atoms with van der Waals surface area (Å²) in [6.07, 6.45) is 3.84. The van der Waals surface area contributed by atoms with E-state index in [2.05, 4.69) is 39.6 Å². The van der Waals surface area contributed by atoms with Gasteiger partial charge < -0.3 is 9.30 Å². The van der Waals surface area contributed by atoms with E-state index < -0.39 is 0 Å². The Kier molecular flexibility index (Phi) is 5.53. The summed E-state index contributed by atoms with van der Waals surface area (Å²) in [5.41, 5.74) is 3.36. The molecule has 0 radical (unpaired) electrons. The van der Waals surface area contributed by atoms with Gasteiger partial charge in [-0.15, -0.1) is 0 Å². The Morgan fingerprint density at radius 2 is 1.71 bits per heavy atom. The zero-order valence-electron chi connectivity index (χ0n) is 19.3. The molecule has 6 heteroatoms. The van der Waals surface area contributed by atoms with Gasteiger partial charge in [0.2, 0.25) is 5.88 Å². The summed E-state index contributed by atoms with van der Waals surface area (Å²) in [6, 6.07) is 21.3. The Labute approximate surface area is 199 Å². The number of imidazole rings is 1. The van der Waals surface area contributed by atoms with E-state index in [0.29, 0.717) is 17.7 Å². The molecule has 4 aromatic rings. The highest BCUT2D eigenvalue weighted by atomic mass is 19.1. The summed E-state index contributed by atoms with van der Waals surface area (Å²) in [5, 5.41) is 0. The van der Waals surface area contributed by atoms with Crippen molar-refractivity contribution in [2.24, 2.45) is 11.8 Å². The number of ether oxygens (including phenoxy) is 1. The van der Waals surface area contributed by atoms with Crippen LogP contribution in [-0.2, 0) is 6.54 Å². The van der Waals surface area contributed by atoms with Gasteiger partial charge in [0.05, 0.1) is 17.1 Å². The van der Waals surface area contributed by atoms with Crippen LogP contribution in [0.5, 0.6) is 5.88 Å². The standard InChI is InChI=1S/C28H29FN4O/c1-19-31-24-6-2-3-7-25(24)33(19)26-14-21-17-32(16-20-9-11-23(29)12-10-20)18-22(21)15-27(26)34-28-8-4-5-13-30-28/h2-13,21-22,26-27H,14-18H2,1H3/t21-,22+,26-,27-/m0/s1. The molecule has 0 amide bonds. The number of rotatable bonds is 5. The van der Waals surface area contributed by atoms with Gasteiger partial charge >= 0.3 is 0 Å². The van der Waals surface area contributed by atoms with E-state index >= 15 is 0 Å². The van der Waals surface area contributed by atoms with Gasteiger partial charge in [0.1, 0.15) is 17.7 Å². The number of benzene rings is 2. The van der Waals surface area contributed by atoms with E-state index in [1.54, 1.807) is 18.3 Å². The quantitative estimate of drug-likeness (QED) is 0.403. The Balaban J connectivity index is 1.29. The van der Waals surface area contributed by atoms with Crippen LogP contribution < -0.4 is 4.74 Å². The number of aryl methyl sites for hydroxylation is 1. The first kappa shape index (κ1) is 21.3. The Hall–Kier alpha value is -3.25. The first-order valence-electron chi connectivity index (χ1n) is 12.1. The first-order chi connectivity index (χ1) is 16.6. The molecule has 5 nitrogen and oxygen atoms in total. The fraction of sp³-hybridized carbons (Fsp3) is 0.357. The molecule has 6 rings (SSSR count). The maximum Gasteiger partial charge on any atom is 0.213 e. The molecule has 1 saturated heterocycles. The van der Waals surface area contributed by atoms with Crippen LogP contribution in [0.3, 0.4) is 0 Å². The molecule has 0 N–H and O–H groups in total. The fourth-order valence-corrected chi connectivity index (χ4v) is 6.02. The van der Waals surface area contributed by atoms with Crippen molar-refractivity contribution in [1.29, 1.82) is 0 Å². The van der Waals surface area contributed by atoms with Gasteiger partial charge in [-0.2, -0.15) is 0 Å². The number of nitrogens with zero attached hydrogens (tertiary/aromatic N) is 4. The van der Waals surface area contributed by atoms with Crippen molar-refractivity contribution in [3.63, 3.8) is 0 Å². The molecule has 174 valence electrons. The lowest BCUT2D eigenvalue weighted by Gasteiger charge is -2.39. The van der Waals surface area contributed by atoms with E-state index in [4.69, 9.17) is 9.72 Å². The van der Waals surface area contributed by atoms with Gasteiger partial charge in [-0.3, -0.25) is 4.90 Å². The highest BCUT2D eigenvalue weighted by Gasteiger charge is 2.44. The number of hydrogen-bond donors (Lipinski definition) is 0. The van der Waals surface area contributed by atoms with Gasteiger partial charge in [-0.25, -0.2) is 14.4 Å². The zero-order chi connectivity index (χ0) is 23.1. The van der Waals surface area contributed by atoms with Gasteiger partial charge in [0, 0.05) is 31.9 Å². The summed E-state index contributed by atoms with van der Waals surface area (Å²) >= 11 is 0. The minimum Gasteiger partial charge on any atom is -0.472 e. The summed E-state index contributed by atoms with van der Waals surface area (Å²) < 4.78 is 22.3. The smallest absolute Gasteiger partial charge is 0.213 e. The van der Waals surface area contributed by atoms with Crippen LogP contribution in [0.4, 0.5) is 4.39 Å². The summed E-state index contributed by atoms with van der Waals surface area (Å²) in [6.45, 7) is 5.05. The number of fused-ring (bicyclic) bond motifs is 2. The third-order valence-electron chi connectivity index (χ3n) is 7.49. The lowest BCUT2D eigenvalue weighted by molar-refractivity contribution is 0.0522. The topological polar surface area (TPSA) is 43.2 Å². The molecule has 34 heavy (non-hydrogen) atoms. The molecule has 1 aliphatic heterocycles. The predicted molar refractivity (Wildman–Crippen MR) is 130 cm³/mol. The van der Waals surface area contributed by atoms with E-state index in [9.17, 15) is 4.39 Å². The number of likely N-dealkylation sites (tertiary alicyclic amines) is 1. The van der Waals surface area contributed by atoms with Gasteiger partial charge in [-0.05, 0) is 67.5 Å². The third kappa shape index (κ3) is 4.07. The Morgan fingerprint density at radius 3 is 2.50 bits per heavy atom. The highest BCUT2D eigenvalue weighted by molar-refractivity contribution is 5.76. The minimum absolute atomic E-state index is 0.0261. The van der Waals surface area contributed by atoms with Crippen molar-refractivity contribution >= 4 is 11.0 Å². The molecular formula is C28H29FN4O. The van der Waals surface area contributed by atoms with Gasteiger partial charge in [0.25, 0.3) is 0 Å². The Bertz CT molecular complexity index is 1270. The number of para-hydroxylation sites is 2. The molecule has 2 aliphatic rings. The van der Waals surface area contributed by atoms with Gasteiger partial charge in [0.15, 0.2) is 0 Å². The van der Waals surface area contributed by atoms with Crippen molar-refractivity contribution < 1.29 is 9.13 Å². The second-order valence-electron chi connectivity index (χ2n) is 9.72. The SMILES string of the molecule is Cc1nc2ccccc2n1[C@H]1C[C@H]2CN(Cc3ccc(F)cc3)C[C@H]2C[C@@H]1Oc1ccccn1. The van der Waals surface area contributed by atoms with E-state index in [0.717, 1.165) is 49.4 Å². The van der Waals surface area contributed by atoms with Crippen LogP contribution in [0.15, 0.2) is 72.9 Å². The monoisotopic (exact) mass is 456 g/mol. The summed E-state index contributed by atoms with van der Waals surface area (Å²) in [5.74, 6) is 2.69. The number of halogens is 1. The van der Waals surface area contributed by atoms with E-state index in [1.807, 2.05) is 36.4 Å². The van der Waals surface area contributed by atoms with Crippen molar-refractivity contribution in [2.75, 3.05) is 13.1 Å². The third-order valence-corrected chi connectivity index (χ3v) is 7.49. The van der Waals surface area contributed by atoms with Crippen LogP contribution in [0.2, 0.25) is 0 Å².